The Morgan fingerprint density at radius 1 is 1.28 bits per heavy atom. The van der Waals surface area contributed by atoms with Crippen molar-refractivity contribution in [2.24, 2.45) is 0 Å². The Morgan fingerprint density at radius 2 is 2.07 bits per heavy atom. The Kier molecular flexibility index (Phi) is 4.41. The number of rotatable bonds is 4. The largest absolute Gasteiger partial charge is 0.481 e. The number of aromatic nitrogens is 4. The Bertz CT molecular complexity index is 1310. The molecule has 0 saturated heterocycles. The molecule has 1 aliphatic heterocycles. The highest BCUT2D eigenvalue weighted by Gasteiger charge is 2.26. The molecule has 0 spiro atoms. The lowest BCUT2D eigenvalue weighted by Gasteiger charge is -2.21. The van der Waals surface area contributed by atoms with E-state index in [-0.39, 0.29) is 11.3 Å². The van der Waals surface area contributed by atoms with Crippen LogP contribution < -0.4 is 5.56 Å². The first-order chi connectivity index (χ1) is 14.0. The molecule has 0 bridgehead atoms. The van der Waals surface area contributed by atoms with E-state index < -0.39 is 5.97 Å². The maximum absolute atomic E-state index is 13.6. The van der Waals surface area contributed by atoms with Gasteiger partial charge in [-0.1, -0.05) is 30.0 Å². The molecule has 0 unspecified atom stereocenters. The molecule has 1 aromatic carbocycles. The molecule has 1 N–H and O–H groups in total. The predicted octanol–water partition coefficient (Wildman–Crippen LogP) is 2.26. The number of likely N-dealkylation sites (N-methyl/N-ethyl adjacent to an activating group) is 1. The molecule has 10 heteroatoms. The second-order valence-corrected chi connectivity index (χ2v) is 8.97. The summed E-state index contributed by atoms with van der Waals surface area (Å²) in [6, 6.07) is 9.36. The Labute approximate surface area is 173 Å². The van der Waals surface area contributed by atoms with Crippen LogP contribution in [0.2, 0.25) is 0 Å². The van der Waals surface area contributed by atoms with Gasteiger partial charge >= 0.3 is 5.97 Å². The van der Waals surface area contributed by atoms with Gasteiger partial charge in [-0.05, 0) is 31.2 Å². The van der Waals surface area contributed by atoms with Crippen LogP contribution in [0.4, 0.5) is 0 Å². The molecule has 3 aromatic heterocycles. The van der Waals surface area contributed by atoms with E-state index in [1.807, 2.05) is 34.7 Å². The molecule has 0 saturated carbocycles. The molecule has 148 valence electrons. The number of thiophene rings is 1. The molecule has 0 fully saturated rings. The summed E-state index contributed by atoms with van der Waals surface area (Å²) in [5.74, 6) is -0.652. The van der Waals surface area contributed by atoms with Crippen LogP contribution in [0.15, 0.2) is 40.3 Å². The van der Waals surface area contributed by atoms with E-state index in [1.54, 1.807) is 15.9 Å². The molecule has 4 heterocycles. The lowest BCUT2D eigenvalue weighted by molar-refractivity contribution is -0.133. The van der Waals surface area contributed by atoms with Gasteiger partial charge < -0.3 is 10.0 Å². The number of carbonyl (C=O) groups is 1. The third kappa shape index (κ3) is 2.95. The van der Waals surface area contributed by atoms with E-state index in [0.29, 0.717) is 22.0 Å². The highest BCUT2D eigenvalue weighted by atomic mass is 32.2. The fraction of sp³-hybridized carbons (Fsp3) is 0.263. The van der Waals surface area contributed by atoms with Gasteiger partial charge in [0.25, 0.3) is 5.56 Å². The Balaban J connectivity index is 1.88. The van der Waals surface area contributed by atoms with Crippen LogP contribution in [-0.4, -0.2) is 54.5 Å². The van der Waals surface area contributed by atoms with Gasteiger partial charge in [-0.2, -0.15) is 0 Å². The summed E-state index contributed by atoms with van der Waals surface area (Å²) in [5, 5.41) is 18.7. The molecule has 4 aromatic rings. The van der Waals surface area contributed by atoms with Crippen molar-refractivity contribution in [2.45, 2.75) is 18.1 Å². The molecular weight excluding hydrogens is 410 g/mol. The van der Waals surface area contributed by atoms with Crippen molar-refractivity contribution in [3.8, 4) is 5.69 Å². The number of nitrogens with zero attached hydrogens (tertiary/aromatic N) is 5. The van der Waals surface area contributed by atoms with Crippen LogP contribution in [0, 0.1) is 0 Å². The van der Waals surface area contributed by atoms with Crippen LogP contribution in [-0.2, 0) is 17.8 Å². The van der Waals surface area contributed by atoms with Crippen LogP contribution >= 0.6 is 23.1 Å². The summed E-state index contributed by atoms with van der Waals surface area (Å²) in [6.07, 6.45) is 0.807. The summed E-state index contributed by atoms with van der Waals surface area (Å²) >= 11 is 2.68. The molecule has 0 atom stereocenters. The van der Waals surface area contributed by atoms with Crippen molar-refractivity contribution in [1.29, 1.82) is 0 Å². The van der Waals surface area contributed by atoms with Crippen molar-refractivity contribution in [2.75, 3.05) is 19.3 Å². The number of hydrogen-bond acceptors (Lipinski definition) is 7. The summed E-state index contributed by atoms with van der Waals surface area (Å²) < 4.78 is 3.41. The molecule has 5 rings (SSSR count). The smallest absolute Gasteiger partial charge is 0.313 e. The fourth-order valence-corrected chi connectivity index (χ4v) is 5.84. The maximum atomic E-state index is 13.6. The molecule has 8 nitrogen and oxygen atoms in total. The van der Waals surface area contributed by atoms with Crippen molar-refractivity contribution < 1.29 is 9.90 Å². The second-order valence-electron chi connectivity index (χ2n) is 6.95. The van der Waals surface area contributed by atoms with Crippen molar-refractivity contribution in [3.05, 3.63) is 51.1 Å². The van der Waals surface area contributed by atoms with Gasteiger partial charge in [0.2, 0.25) is 5.78 Å². The summed E-state index contributed by atoms with van der Waals surface area (Å²) in [5.41, 5.74) is 1.69. The van der Waals surface area contributed by atoms with Crippen molar-refractivity contribution in [1.82, 2.24) is 24.1 Å². The second kappa shape index (κ2) is 6.97. The van der Waals surface area contributed by atoms with Gasteiger partial charge in [-0.15, -0.1) is 21.5 Å². The summed E-state index contributed by atoms with van der Waals surface area (Å²) in [6.45, 7) is 1.69. The Hall–Kier alpha value is -2.69. The van der Waals surface area contributed by atoms with Crippen LogP contribution in [0.5, 0.6) is 0 Å². The zero-order chi connectivity index (χ0) is 20.1. The molecule has 1 aliphatic rings. The molecule has 0 radical (unpaired) electrons. The minimum atomic E-state index is -0.925. The van der Waals surface area contributed by atoms with Crippen LogP contribution in [0.25, 0.3) is 21.7 Å². The number of fused-ring (bicyclic) bond motifs is 5. The number of aliphatic carboxylic acids is 1. The first-order valence-electron chi connectivity index (χ1n) is 9.07. The van der Waals surface area contributed by atoms with Crippen LogP contribution in [0.3, 0.4) is 0 Å². The first-order valence-corrected chi connectivity index (χ1v) is 10.9. The van der Waals surface area contributed by atoms with E-state index >= 15 is 0 Å². The number of benzene rings is 1. The van der Waals surface area contributed by atoms with Gasteiger partial charge in [-0.3, -0.25) is 9.59 Å². The molecule has 0 aliphatic carbocycles. The molecule has 0 amide bonds. The maximum Gasteiger partial charge on any atom is 0.313 e. The summed E-state index contributed by atoms with van der Waals surface area (Å²) in [7, 11) is 2.07. The highest BCUT2D eigenvalue weighted by molar-refractivity contribution is 7.99. The quantitative estimate of drug-likeness (QED) is 0.500. The fourth-order valence-electron chi connectivity index (χ4n) is 3.71. The van der Waals surface area contributed by atoms with E-state index in [9.17, 15) is 9.59 Å². The normalized spacial score (nSPS) is 14.5. The minimum Gasteiger partial charge on any atom is -0.481 e. The lowest BCUT2D eigenvalue weighted by atomic mass is 10.1. The van der Waals surface area contributed by atoms with E-state index in [2.05, 4.69) is 22.1 Å². The SMILES string of the molecule is CN1CCc2c(sc3c2c(=O)n(-c2ccccc2)c2nnc(SCC(=O)O)n32)C1. The lowest BCUT2D eigenvalue weighted by Crippen LogP contribution is -2.27. The first kappa shape index (κ1) is 18.3. The monoisotopic (exact) mass is 427 g/mol. The third-order valence-electron chi connectivity index (χ3n) is 5.00. The summed E-state index contributed by atoms with van der Waals surface area (Å²) in [4.78, 5) is 28.9. The van der Waals surface area contributed by atoms with Crippen molar-refractivity contribution >= 4 is 45.1 Å². The average molecular weight is 428 g/mol. The zero-order valence-electron chi connectivity index (χ0n) is 15.5. The highest BCUT2D eigenvalue weighted by Crippen LogP contribution is 2.35. The zero-order valence-corrected chi connectivity index (χ0v) is 17.2. The van der Waals surface area contributed by atoms with E-state index in [4.69, 9.17) is 5.11 Å². The van der Waals surface area contributed by atoms with E-state index in [1.165, 1.54) is 4.88 Å². The average Bonchev–Trinajstić information content (AvgIpc) is 3.28. The van der Waals surface area contributed by atoms with Gasteiger partial charge in [-0.25, -0.2) is 8.97 Å². The standard InChI is InChI=1S/C19H17N5O3S2/c1-22-8-7-12-13(9-22)29-17-15(12)16(27)23(11-5-3-2-4-6-11)18-20-21-19(24(17)18)28-10-14(25)26/h2-6H,7-10H2,1H3,(H,25,26). The topological polar surface area (TPSA) is 92.7 Å². The number of thioether (sulfide) groups is 1. The van der Waals surface area contributed by atoms with Gasteiger partial charge in [0.1, 0.15) is 4.83 Å². The number of carboxylic acids is 1. The van der Waals surface area contributed by atoms with Gasteiger partial charge in [0.05, 0.1) is 16.8 Å². The number of hydrogen-bond donors (Lipinski definition) is 1. The number of para-hydroxylation sites is 1. The number of carboxylic acid groups (broad SMARTS) is 1. The third-order valence-corrected chi connectivity index (χ3v) is 7.12. The van der Waals surface area contributed by atoms with Crippen molar-refractivity contribution in [3.63, 3.8) is 0 Å². The van der Waals surface area contributed by atoms with Gasteiger partial charge in [0.15, 0.2) is 5.16 Å². The Morgan fingerprint density at radius 3 is 2.83 bits per heavy atom. The predicted molar refractivity (Wildman–Crippen MR) is 112 cm³/mol. The minimum absolute atomic E-state index is 0.108. The van der Waals surface area contributed by atoms with Gasteiger partial charge in [0, 0.05) is 18.0 Å². The van der Waals surface area contributed by atoms with E-state index in [0.717, 1.165) is 41.7 Å². The van der Waals surface area contributed by atoms with Crippen LogP contribution in [0.1, 0.15) is 10.4 Å². The molecular formula is C19H17N5O3S2. The molecule has 29 heavy (non-hydrogen) atoms.